The van der Waals surface area contributed by atoms with E-state index in [4.69, 9.17) is 17.3 Å². The standard InChI is InChI=1S/C15H22ClN3O3S2/c1-23-11-6-13(17)15(20)18-7-9-19(10-8-18)24(21,22)14-5-3-2-4-12(14)16/h2-5,13H,6-11,17H2,1H3. The van der Waals surface area contributed by atoms with Gasteiger partial charge in [0.25, 0.3) is 0 Å². The number of hydrogen-bond acceptors (Lipinski definition) is 5. The van der Waals surface area contributed by atoms with Crippen LogP contribution in [-0.4, -0.2) is 67.8 Å². The summed E-state index contributed by atoms with van der Waals surface area (Å²) >= 11 is 7.65. The van der Waals surface area contributed by atoms with E-state index in [1.807, 2.05) is 6.26 Å². The molecule has 24 heavy (non-hydrogen) atoms. The van der Waals surface area contributed by atoms with Gasteiger partial charge in [0, 0.05) is 26.2 Å². The molecule has 2 N–H and O–H groups in total. The second-order valence-electron chi connectivity index (χ2n) is 5.55. The van der Waals surface area contributed by atoms with Crippen LogP contribution >= 0.6 is 23.4 Å². The van der Waals surface area contributed by atoms with Gasteiger partial charge in [0.15, 0.2) is 0 Å². The summed E-state index contributed by atoms with van der Waals surface area (Å²) in [6.07, 6.45) is 2.59. The van der Waals surface area contributed by atoms with Gasteiger partial charge in [0.1, 0.15) is 4.90 Å². The molecule has 1 atom stereocenters. The van der Waals surface area contributed by atoms with Gasteiger partial charge >= 0.3 is 0 Å². The summed E-state index contributed by atoms with van der Waals surface area (Å²) in [5.41, 5.74) is 5.91. The van der Waals surface area contributed by atoms with Gasteiger partial charge in [-0.3, -0.25) is 4.79 Å². The lowest BCUT2D eigenvalue weighted by Gasteiger charge is -2.35. The number of halogens is 1. The van der Waals surface area contributed by atoms with E-state index in [1.54, 1.807) is 34.9 Å². The molecule has 2 rings (SSSR count). The van der Waals surface area contributed by atoms with Crippen molar-refractivity contribution in [2.24, 2.45) is 5.73 Å². The number of rotatable bonds is 6. The smallest absolute Gasteiger partial charge is 0.244 e. The number of piperazine rings is 1. The van der Waals surface area contributed by atoms with Crippen LogP contribution in [-0.2, 0) is 14.8 Å². The molecule has 1 saturated heterocycles. The van der Waals surface area contributed by atoms with Crippen LogP contribution in [0.15, 0.2) is 29.2 Å². The number of nitrogens with two attached hydrogens (primary N) is 1. The Hall–Kier alpha value is -0.800. The first-order valence-electron chi connectivity index (χ1n) is 7.66. The van der Waals surface area contributed by atoms with Crippen LogP contribution < -0.4 is 5.73 Å². The summed E-state index contributed by atoms with van der Waals surface area (Å²) in [6.45, 7) is 1.17. The highest BCUT2D eigenvalue weighted by Gasteiger charge is 2.32. The number of hydrogen-bond donors (Lipinski definition) is 1. The van der Waals surface area contributed by atoms with Gasteiger partial charge in [-0.05, 0) is 30.6 Å². The maximum atomic E-state index is 12.7. The first kappa shape index (κ1) is 19.5. The zero-order chi connectivity index (χ0) is 17.7. The molecule has 6 nitrogen and oxygen atoms in total. The van der Waals surface area contributed by atoms with Crippen molar-refractivity contribution in [1.82, 2.24) is 9.21 Å². The lowest BCUT2D eigenvalue weighted by Crippen LogP contribution is -2.54. The highest BCUT2D eigenvalue weighted by Crippen LogP contribution is 2.25. The molecule has 1 unspecified atom stereocenters. The fraction of sp³-hybridized carbons (Fsp3) is 0.533. The predicted molar refractivity (Wildman–Crippen MR) is 97.8 cm³/mol. The normalized spacial score (nSPS) is 17.7. The van der Waals surface area contributed by atoms with Crippen LogP contribution in [0.5, 0.6) is 0 Å². The van der Waals surface area contributed by atoms with Crippen LogP contribution in [0.3, 0.4) is 0 Å². The number of amides is 1. The van der Waals surface area contributed by atoms with E-state index >= 15 is 0 Å². The van der Waals surface area contributed by atoms with Gasteiger partial charge in [0.2, 0.25) is 15.9 Å². The number of thioether (sulfide) groups is 1. The highest BCUT2D eigenvalue weighted by molar-refractivity contribution is 7.98. The van der Waals surface area contributed by atoms with Crippen LogP contribution in [0.4, 0.5) is 0 Å². The summed E-state index contributed by atoms with van der Waals surface area (Å²) in [7, 11) is -3.65. The quantitative estimate of drug-likeness (QED) is 0.789. The van der Waals surface area contributed by atoms with Crippen molar-refractivity contribution in [1.29, 1.82) is 0 Å². The monoisotopic (exact) mass is 391 g/mol. The van der Waals surface area contributed by atoms with E-state index in [2.05, 4.69) is 0 Å². The van der Waals surface area contributed by atoms with Gasteiger partial charge in [-0.15, -0.1) is 0 Å². The van der Waals surface area contributed by atoms with Crippen molar-refractivity contribution < 1.29 is 13.2 Å². The molecule has 134 valence electrons. The third-order valence-electron chi connectivity index (χ3n) is 3.95. The molecule has 0 saturated carbocycles. The maximum absolute atomic E-state index is 12.7. The molecule has 1 aliphatic heterocycles. The molecule has 0 aromatic heterocycles. The van der Waals surface area contributed by atoms with E-state index in [1.165, 1.54) is 10.4 Å². The topological polar surface area (TPSA) is 83.7 Å². The number of benzene rings is 1. The average Bonchev–Trinajstić information content (AvgIpc) is 2.59. The molecule has 1 aliphatic rings. The Morgan fingerprint density at radius 1 is 1.29 bits per heavy atom. The highest BCUT2D eigenvalue weighted by atomic mass is 35.5. The summed E-state index contributed by atoms with van der Waals surface area (Å²) in [6, 6.07) is 5.85. The summed E-state index contributed by atoms with van der Waals surface area (Å²) in [5.74, 6) is 0.715. The molecule has 9 heteroatoms. The van der Waals surface area contributed by atoms with Gasteiger partial charge in [-0.2, -0.15) is 16.1 Å². The minimum atomic E-state index is -3.65. The van der Waals surface area contributed by atoms with Crippen LogP contribution in [0.1, 0.15) is 6.42 Å². The molecule has 1 aromatic rings. The predicted octanol–water partition coefficient (Wildman–Crippen LogP) is 1.25. The van der Waals surface area contributed by atoms with E-state index in [0.29, 0.717) is 19.5 Å². The van der Waals surface area contributed by atoms with Crippen molar-refractivity contribution in [3.8, 4) is 0 Å². The Labute approximate surface area is 152 Å². The summed E-state index contributed by atoms with van der Waals surface area (Å²) < 4.78 is 26.7. The fourth-order valence-electron chi connectivity index (χ4n) is 2.54. The molecule has 1 heterocycles. The van der Waals surface area contributed by atoms with Gasteiger partial charge < -0.3 is 10.6 Å². The SMILES string of the molecule is CSCCC(N)C(=O)N1CCN(S(=O)(=O)c2ccccc2Cl)CC1. The molecule has 0 spiro atoms. The Kier molecular flexibility index (Phi) is 6.94. The van der Waals surface area contributed by atoms with Gasteiger partial charge in [0.05, 0.1) is 11.1 Å². The zero-order valence-corrected chi connectivity index (χ0v) is 15.9. The van der Waals surface area contributed by atoms with Crippen molar-refractivity contribution in [3.05, 3.63) is 29.3 Å². The molecule has 1 aromatic carbocycles. The second kappa shape index (κ2) is 8.53. The Balaban J connectivity index is 2.00. The van der Waals surface area contributed by atoms with Gasteiger partial charge in [-0.1, -0.05) is 23.7 Å². The van der Waals surface area contributed by atoms with Crippen molar-refractivity contribution in [3.63, 3.8) is 0 Å². The molecule has 1 amide bonds. The summed E-state index contributed by atoms with van der Waals surface area (Å²) in [4.78, 5) is 14.0. The molecule has 0 bridgehead atoms. The van der Waals surface area contributed by atoms with E-state index in [-0.39, 0.29) is 28.9 Å². The van der Waals surface area contributed by atoms with Crippen LogP contribution in [0.25, 0.3) is 0 Å². The van der Waals surface area contributed by atoms with Crippen molar-refractivity contribution in [2.75, 3.05) is 38.2 Å². The maximum Gasteiger partial charge on any atom is 0.244 e. The minimum absolute atomic E-state index is 0.100. The summed E-state index contributed by atoms with van der Waals surface area (Å²) in [5, 5.41) is 0.204. The van der Waals surface area contributed by atoms with Crippen LogP contribution in [0.2, 0.25) is 5.02 Å². The second-order valence-corrected chi connectivity index (χ2v) is 8.85. The third kappa shape index (κ3) is 4.43. The zero-order valence-electron chi connectivity index (χ0n) is 13.5. The Bertz CT molecular complexity index is 676. The lowest BCUT2D eigenvalue weighted by atomic mass is 10.2. The average molecular weight is 392 g/mol. The number of nitrogens with zero attached hydrogens (tertiary/aromatic N) is 2. The number of sulfonamides is 1. The number of carbonyl (C=O) groups is 1. The first-order valence-corrected chi connectivity index (χ1v) is 10.9. The molecular formula is C15H22ClN3O3S2. The minimum Gasteiger partial charge on any atom is -0.339 e. The van der Waals surface area contributed by atoms with Crippen molar-refractivity contribution >= 4 is 39.3 Å². The lowest BCUT2D eigenvalue weighted by molar-refractivity contribution is -0.133. The Morgan fingerprint density at radius 3 is 2.50 bits per heavy atom. The Morgan fingerprint density at radius 2 is 1.92 bits per heavy atom. The molecular weight excluding hydrogens is 370 g/mol. The third-order valence-corrected chi connectivity index (χ3v) is 7.00. The van der Waals surface area contributed by atoms with Gasteiger partial charge in [-0.25, -0.2) is 8.42 Å². The first-order chi connectivity index (χ1) is 11.4. The molecule has 1 fully saturated rings. The van der Waals surface area contributed by atoms with E-state index in [9.17, 15) is 13.2 Å². The number of carbonyl (C=O) groups excluding carboxylic acids is 1. The van der Waals surface area contributed by atoms with E-state index in [0.717, 1.165) is 5.75 Å². The van der Waals surface area contributed by atoms with E-state index < -0.39 is 16.1 Å². The largest absolute Gasteiger partial charge is 0.339 e. The molecule has 0 radical (unpaired) electrons. The van der Waals surface area contributed by atoms with Crippen LogP contribution in [0, 0.1) is 0 Å². The van der Waals surface area contributed by atoms with Crippen molar-refractivity contribution in [2.45, 2.75) is 17.4 Å². The molecule has 0 aliphatic carbocycles. The fourth-order valence-corrected chi connectivity index (χ4v) is 4.95.